The number of sulfone groups is 1. The van der Waals surface area contributed by atoms with Gasteiger partial charge in [-0.1, -0.05) is 18.1 Å². The van der Waals surface area contributed by atoms with E-state index in [9.17, 15) is 8.42 Å². The van der Waals surface area contributed by atoms with Crippen LogP contribution in [-0.2, 0) is 9.84 Å². The number of hydrogen-bond acceptors (Lipinski definition) is 3. The van der Waals surface area contributed by atoms with E-state index < -0.39 is 9.84 Å². The molecule has 2 unspecified atom stereocenters. The van der Waals surface area contributed by atoms with E-state index in [4.69, 9.17) is 0 Å². The first kappa shape index (κ1) is 13.7. The van der Waals surface area contributed by atoms with Crippen molar-refractivity contribution in [3.63, 3.8) is 0 Å². The topological polar surface area (TPSA) is 37.4 Å². The van der Waals surface area contributed by atoms with E-state index in [1.165, 1.54) is 11.8 Å². The van der Waals surface area contributed by atoms with Gasteiger partial charge >= 0.3 is 0 Å². The largest absolute Gasteiger partial charge is 0.298 e. The predicted molar refractivity (Wildman–Crippen MR) is 68.3 cm³/mol. The van der Waals surface area contributed by atoms with E-state index in [2.05, 4.69) is 24.8 Å². The van der Waals surface area contributed by atoms with Crippen molar-refractivity contribution < 1.29 is 8.42 Å². The molecule has 1 fully saturated rings. The van der Waals surface area contributed by atoms with Gasteiger partial charge in [0.05, 0.1) is 5.25 Å². The van der Waals surface area contributed by atoms with Crippen molar-refractivity contribution in [2.75, 3.05) is 19.8 Å². The average Bonchev–Trinajstić information content (AvgIpc) is 2.61. The summed E-state index contributed by atoms with van der Waals surface area (Å²) in [7, 11) is -0.876. The predicted octanol–water partition coefficient (Wildman–Crippen LogP) is 1.85. The summed E-state index contributed by atoms with van der Waals surface area (Å²) in [5.41, 5.74) is 1.28. The van der Waals surface area contributed by atoms with Crippen LogP contribution in [0.15, 0.2) is 11.6 Å². The highest BCUT2D eigenvalue weighted by atomic mass is 32.2. The Morgan fingerprint density at radius 2 is 2.00 bits per heavy atom. The molecule has 0 saturated heterocycles. The maximum Gasteiger partial charge on any atom is 0.151 e. The molecular weight excluding hydrogens is 222 g/mol. The Kier molecular flexibility index (Phi) is 4.56. The molecule has 0 aromatic rings. The Balaban J connectivity index is 2.68. The molecule has 0 bridgehead atoms. The molecule has 0 aromatic carbocycles. The van der Waals surface area contributed by atoms with Gasteiger partial charge in [-0.25, -0.2) is 8.42 Å². The van der Waals surface area contributed by atoms with Crippen LogP contribution in [0.1, 0.15) is 33.1 Å². The molecule has 0 N–H and O–H groups in total. The molecule has 2 atom stereocenters. The number of allylic oxidation sites excluding steroid dienone is 1. The van der Waals surface area contributed by atoms with E-state index in [1.807, 2.05) is 7.05 Å². The molecule has 0 aliphatic heterocycles. The van der Waals surface area contributed by atoms with Crippen LogP contribution in [0.5, 0.6) is 0 Å². The first-order valence-electron chi connectivity index (χ1n) is 5.85. The van der Waals surface area contributed by atoms with Crippen molar-refractivity contribution in [3.8, 4) is 0 Å². The summed E-state index contributed by atoms with van der Waals surface area (Å²) >= 11 is 0. The van der Waals surface area contributed by atoms with Crippen LogP contribution < -0.4 is 0 Å². The minimum absolute atomic E-state index is 0.164. The quantitative estimate of drug-likeness (QED) is 0.709. The maximum absolute atomic E-state index is 11.6. The summed E-state index contributed by atoms with van der Waals surface area (Å²) in [4.78, 5) is 2.17. The lowest BCUT2D eigenvalue weighted by molar-refractivity contribution is 0.271. The highest BCUT2D eigenvalue weighted by Gasteiger charge is 2.36. The Labute approximate surface area is 99.4 Å². The highest BCUT2D eigenvalue weighted by molar-refractivity contribution is 7.91. The summed E-state index contributed by atoms with van der Waals surface area (Å²) in [5, 5.41) is -0.164. The first-order chi connectivity index (χ1) is 7.32. The Morgan fingerprint density at radius 3 is 2.50 bits per heavy atom. The van der Waals surface area contributed by atoms with E-state index >= 15 is 0 Å². The van der Waals surface area contributed by atoms with Crippen molar-refractivity contribution in [2.45, 2.75) is 44.4 Å². The zero-order chi connectivity index (χ0) is 12.3. The molecule has 0 aromatic heterocycles. The third kappa shape index (κ3) is 3.59. The third-order valence-corrected chi connectivity index (χ3v) is 4.97. The van der Waals surface area contributed by atoms with Crippen molar-refractivity contribution in [2.24, 2.45) is 0 Å². The summed E-state index contributed by atoms with van der Waals surface area (Å²) in [6.07, 6.45) is 6.37. The molecule has 1 saturated carbocycles. The molecule has 3 nitrogen and oxygen atoms in total. The molecule has 1 aliphatic rings. The van der Waals surface area contributed by atoms with Gasteiger partial charge in [0.1, 0.15) is 0 Å². The first-order valence-corrected chi connectivity index (χ1v) is 7.80. The second-order valence-electron chi connectivity index (χ2n) is 5.09. The smallest absolute Gasteiger partial charge is 0.151 e. The number of nitrogens with zero attached hydrogens (tertiary/aromatic N) is 1. The van der Waals surface area contributed by atoms with Crippen LogP contribution in [-0.4, -0.2) is 44.5 Å². The minimum Gasteiger partial charge on any atom is -0.298 e. The fraction of sp³-hybridized carbons (Fsp3) is 0.833. The molecule has 0 radical (unpaired) electrons. The highest BCUT2D eigenvalue weighted by Crippen LogP contribution is 2.28. The van der Waals surface area contributed by atoms with E-state index in [0.717, 1.165) is 25.8 Å². The Morgan fingerprint density at radius 1 is 1.38 bits per heavy atom. The molecule has 0 heterocycles. The van der Waals surface area contributed by atoms with Crippen LogP contribution in [0.4, 0.5) is 0 Å². The normalized spacial score (nSPS) is 26.1. The summed E-state index contributed by atoms with van der Waals surface area (Å²) in [6, 6.07) is 0.200. The fourth-order valence-electron chi connectivity index (χ4n) is 2.37. The SMILES string of the molecule is CC(C)=CCN(C)C1CCCC1S(C)(=O)=O. The van der Waals surface area contributed by atoms with Crippen molar-refractivity contribution in [3.05, 3.63) is 11.6 Å². The van der Waals surface area contributed by atoms with Gasteiger partial charge in [0, 0.05) is 18.8 Å². The van der Waals surface area contributed by atoms with Crippen LogP contribution >= 0.6 is 0 Å². The van der Waals surface area contributed by atoms with Crippen LogP contribution in [0.2, 0.25) is 0 Å². The Hall–Kier alpha value is -0.350. The van der Waals surface area contributed by atoms with Gasteiger partial charge in [0.25, 0.3) is 0 Å². The summed E-state index contributed by atoms with van der Waals surface area (Å²) < 4.78 is 23.3. The van der Waals surface area contributed by atoms with Crippen LogP contribution in [0, 0.1) is 0 Å². The molecule has 94 valence electrons. The molecule has 0 amide bonds. The van der Waals surface area contributed by atoms with Gasteiger partial charge in [-0.3, -0.25) is 4.90 Å². The summed E-state index contributed by atoms with van der Waals surface area (Å²) in [5.74, 6) is 0. The lowest BCUT2D eigenvalue weighted by Gasteiger charge is -2.27. The maximum atomic E-state index is 11.6. The molecule has 4 heteroatoms. The van der Waals surface area contributed by atoms with Gasteiger partial charge in [0.2, 0.25) is 0 Å². The van der Waals surface area contributed by atoms with Gasteiger partial charge < -0.3 is 0 Å². The van der Waals surface area contributed by atoms with Crippen molar-refractivity contribution in [1.29, 1.82) is 0 Å². The van der Waals surface area contributed by atoms with E-state index in [0.29, 0.717) is 0 Å². The van der Waals surface area contributed by atoms with Gasteiger partial charge in [-0.15, -0.1) is 0 Å². The molecule has 1 rings (SSSR count). The van der Waals surface area contributed by atoms with Gasteiger partial charge in [-0.05, 0) is 33.7 Å². The number of hydrogen-bond donors (Lipinski definition) is 0. The van der Waals surface area contributed by atoms with E-state index in [-0.39, 0.29) is 11.3 Å². The number of likely N-dealkylation sites (N-methyl/N-ethyl adjacent to an activating group) is 1. The molecular formula is C12H23NO2S. The minimum atomic E-state index is -2.90. The second-order valence-corrected chi connectivity index (χ2v) is 7.35. The molecule has 1 aliphatic carbocycles. The summed E-state index contributed by atoms with van der Waals surface area (Å²) in [6.45, 7) is 4.98. The van der Waals surface area contributed by atoms with E-state index in [1.54, 1.807) is 0 Å². The fourth-order valence-corrected chi connectivity index (χ4v) is 3.88. The van der Waals surface area contributed by atoms with Crippen molar-refractivity contribution >= 4 is 9.84 Å². The standard InChI is InChI=1S/C12H23NO2S/c1-10(2)8-9-13(3)11-6-5-7-12(11)16(4,14)15/h8,11-12H,5-7,9H2,1-4H3. The molecule has 0 spiro atoms. The number of rotatable bonds is 4. The lowest BCUT2D eigenvalue weighted by atomic mass is 10.2. The average molecular weight is 245 g/mol. The van der Waals surface area contributed by atoms with Crippen LogP contribution in [0.3, 0.4) is 0 Å². The van der Waals surface area contributed by atoms with Crippen molar-refractivity contribution in [1.82, 2.24) is 4.90 Å². The second kappa shape index (κ2) is 5.32. The monoisotopic (exact) mass is 245 g/mol. The lowest BCUT2D eigenvalue weighted by Crippen LogP contribution is -2.41. The van der Waals surface area contributed by atoms with Gasteiger partial charge in [-0.2, -0.15) is 0 Å². The zero-order valence-corrected chi connectivity index (χ0v) is 11.5. The third-order valence-electron chi connectivity index (χ3n) is 3.32. The van der Waals surface area contributed by atoms with Crippen LogP contribution in [0.25, 0.3) is 0 Å². The Bertz CT molecular complexity index is 355. The van der Waals surface area contributed by atoms with Gasteiger partial charge in [0.15, 0.2) is 9.84 Å². The zero-order valence-electron chi connectivity index (χ0n) is 10.7. The molecule has 16 heavy (non-hydrogen) atoms.